The minimum Gasteiger partial charge on any atom is -0.143 e. The van der Waals surface area contributed by atoms with Gasteiger partial charge in [0.25, 0.3) is 0 Å². The van der Waals surface area contributed by atoms with Crippen molar-refractivity contribution in [2.75, 3.05) is 0 Å². The minimum atomic E-state index is 1.05. The highest BCUT2D eigenvalue weighted by molar-refractivity contribution is 7.80. The Morgan fingerprint density at radius 1 is 0.867 bits per heavy atom. The van der Waals surface area contributed by atoms with Crippen molar-refractivity contribution < 1.29 is 0 Å². The highest BCUT2D eigenvalue weighted by Gasteiger charge is 2.02. The average Bonchev–Trinajstić information content (AvgIpc) is 2.24. The molecule has 76 valence electrons. The quantitative estimate of drug-likeness (QED) is 0.674. The van der Waals surface area contributed by atoms with Gasteiger partial charge in [-0.25, -0.2) is 0 Å². The van der Waals surface area contributed by atoms with Gasteiger partial charge in [0, 0.05) is 4.90 Å². The Morgan fingerprint density at radius 2 is 1.53 bits per heavy atom. The third kappa shape index (κ3) is 2.07. The van der Waals surface area contributed by atoms with Crippen LogP contribution in [0, 0.1) is 13.8 Å². The molecule has 0 radical (unpaired) electrons. The van der Waals surface area contributed by atoms with Crippen molar-refractivity contribution in [2.24, 2.45) is 0 Å². The first-order chi connectivity index (χ1) is 7.18. The normalized spacial score (nSPS) is 10.3. The fourth-order valence-corrected chi connectivity index (χ4v) is 1.88. The van der Waals surface area contributed by atoms with Crippen molar-refractivity contribution in [1.82, 2.24) is 0 Å². The maximum atomic E-state index is 4.44. The van der Waals surface area contributed by atoms with Gasteiger partial charge in [-0.15, -0.1) is 12.6 Å². The van der Waals surface area contributed by atoms with Crippen molar-refractivity contribution in [3.8, 4) is 11.1 Å². The predicted molar refractivity (Wildman–Crippen MR) is 68.6 cm³/mol. The van der Waals surface area contributed by atoms with E-state index >= 15 is 0 Å². The van der Waals surface area contributed by atoms with E-state index in [0.717, 1.165) is 4.90 Å². The number of aryl methyl sites for hydroxylation is 1. The summed E-state index contributed by atoms with van der Waals surface area (Å²) in [7, 11) is 0. The minimum absolute atomic E-state index is 1.05. The SMILES string of the molecule is Cc1ccc(-c2cccc(S)c2C)cc1. The van der Waals surface area contributed by atoms with Gasteiger partial charge in [0.15, 0.2) is 0 Å². The first kappa shape index (κ1) is 10.3. The van der Waals surface area contributed by atoms with Gasteiger partial charge in [0.05, 0.1) is 0 Å². The highest BCUT2D eigenvalue weighted by atomic mass is 32.1. The van der Waals surface area contributed by atoms with E-state index in [2.05, 4.69) is 56.8 Å². The molecule has 0 amide bonds. The number of benzene rings is 2. The molecular formula is C14H14S. The van der Waals surface area contributed by atoms with Crippen LogP contribution in [0.2, 0.25) is 0 Å². The van der Waals surface area contributed by atoms with Gasteiger partial charge in [-0.3, -0.25) is 0 Å². The lowest BCUT2D eigenvalue weighted by molar-refractivity contribution is 1.31. The fraction of sp³-hybridized carbons (Fsp3) is 0.143. The fourth-order valence-electron chi connectivity index (χ4n) is 1.67. The number of thiol groups is 1. The van der Waals surface area contributed by atoms with Gasteiger partial charge in [-0.05, 0) is 36.6 Å². The molecule has 0 atom stereocenters. The maximum Gasteiger partial charge on any atom is 0.00754 e. The van der Waals surface area contributed by atoms with Crippen LogP contribution in [-0.4, -0.2) is 0 Å². The van der Waals surface area contributed by atoms with Gasteiger partial charge < -0.3 is 0 Å². The van der Waals surface area contributed by atoms with E-state index in [1.165, 1.54) is 22.3 Å². The summed E-state index contributed by atoms with van der Waals surface area (Å²) in [6, 6.07) is 14.8. The maximum absolute atomic E-state index is 4.44. The van der Waals surface area contributed by atoms with Gasteiger partial charge in [-0.1, -0.05) is 42.0 Å². The molecule has 0 nitrogen and oxygen atoms in total. The van der Waals surface area contributed by atoms with E-state index in [4.69, 9.17) is 0 Å². The molecule has 0 aliphatic rings. The summed E-state index contributed by atoms with van der Waals surface area (Å²) in [5.74, 6) is 0. The summed E-state index contributed by atoms with van der Waals surface area (Å²) < 4.78 is 0. The first-order valence-electron chi connectivity index (χ1n) is 5.04. The molecule has 0 unspecified atom stereocenters. The largest absolute Gasteiger partial charge is 0.143 e. The second kappa shape index (κ2) is 4.11. The smallest absolute Gasteiger partial charge is 0.00754 e. The average molecular weight is 214 g/mol. The van der Waals surface area contributed by atoms with Crippen molar-refractivity contribution >= 4 is 12.6 Å². The molecule has 0 aliphatic heterocycles. The van der Waals surface area contributed by atoms with E-state index in [1.807, 2.05) is 12.1 Å². The van der Waals surface area contributed by atoms with E-state index in [9.17, 15) is 0 Å². The van der Waals surface area contributed by atoms with Crippen LogP contribution in [-0.2, 0) is 0 Å². The number of rotatable bonds is 1. The molecule has 0 N–H and O–H groups in total. The molecule has 2 aromatic carbocycles. The summed E-state index contributed by atoms with van der Waals surface area (Å²) in [5, 5.41) is 0. The van der Waals surface area contributed by atoms with Crippen molar-refractivity contribution in [3.63, 3.8) is 0 Å². The van der Waals surface area contributed by atoms with Gasteiger partial charge >= 0.3 is 0 Å². The van der Waals surface area contributed by atoms with Gasteiger partial charge in [0.1, 0.15) is 0 Å². The lowest BCUT2D eigenvalue weighted by Gasteiger charge is -2.08. The second-order valence-corrected chi connectivity index (χ2v) is 4.30. The lowest BCUT2D eigenvalue weighted by Crippen LogP contribution is -1.84. The lowest BCUT2D eigenvalue weighted by atomic mass is 10.00. The summed E-state index contributed by atoms with van der Waals surface area (Å²) in [6.07, 6.45) is 0. The summed E-state index contributed by atoms with van der Waals surface area (Å²) in [6.45, 7) is 4.21. The second-order valence-electron chi connectivity index (χ2n) is 3.82. The molecule has 0 saturated heterocycles. The third-order valence-electron chi connectivity index (χ3n) is 2.67. The molecular weight excluding hydrogens is 200 g/mol. The van der Waals surface area contributed by atoms with Crippen molar-refractivity contribution in [3.05, 3.63) is 53.6 Å². The van der Waals surface area contributed by atoms with Crippen LogP contribution in [0.15, 0.2) is 47.4 Å². The predicted octanol–water partition coefficient (Wildman–Crippen LogP) is 4.26. The zero-order valence-corrected chi connectivity index (χ0v) is 9.88. The molecule has 0 bridgehead atoms. The van der Waals surface area contributed by atoms with Crippen LogP contribution in [0.1, 0.15) is 11.1 Å². The monoisotopic (exact) mass is 214 g/mol. The first-order valence-corrected chi connectivity index (χ1v) is 5.49. The van der Waals surface area contributed by atoms with Gasteiger partial charge in [0.2, 0.25) is 0 Å². The Kier molecular flexibility index (Phi) is 2.83. The van der Waals surface area contributed by atoms with E-state index < -0.39 is 0 Å². The zero-order chi connectivity index (χ0) is 10.8. The molecule has 0 aliphatic carbocycles. The molecule has 0 spiro atoms. The molecule has 0 aromatic heterocycles. The topological polar surface area (TPSA) is 0 Å². The van der Waals surface area contributed by atoms with Crippen LogP contribution < -0.4 is 0 Å². The van der Waals surface area contributed by atoms with E-state index in [-0.39, 0.29) is 0 Å². The highest BCUT2D eigenvalue weighted by Crippen LogP contribution is 2.27. The number of hydrogen-bond donors (Lipinski definition) is 1. The van der Waals surface area contributed by atoms with Crippen molar-refractivity contribution in [1.29, 1.82) is 0 Å². The summed E-state index contributed by atoms with van der Waals surface area (Å²) in [4.78, 5) is 1.05. The zero-order valence-electron chi connectivity index (χ0n) is 8.99. The van der Waals surface area contributed by atoms with Gasteiger partial charge in [-0.2, -0.15) is 0 Å². The van der Waals surface area contributed by atoms with Crippen LogP contribution in [0.3, 0.4) is 0 Å². The molecule has 0 fully saturated rings. The van der Waals surface area contributed by atoms with Crippen LogP contribution in [0.4, 0.5) is 0 Å². The van der Waals surface area contributed by atoms with E-state index in [1.54, 1.807) is 0 Å². The van der Waals surface area contributed by atoms with Crippen LogP contribution in [0.5, 0.6) is 0 Å². The van der Waals surface area contributed by atoms with Crippen molar-refractivity contribution in [2.45, 2.75) is 18.7 Å². The summed E-state index contributed by atoms with van der Waals surface area (Å²) >= 11 is 4.44. The standard InChI is InChI=1S/C14H14S/c1-10-6-8-12(9-7-10)13-4-3-5-14(15)11(13)2/h3-9,15H,1-2H3. The Hall–Kier alpha value is -1.21. The van der Waals surface area contributed by atoms with Crippen LogP contribution in [0.25, 0.3) is 11.1 Å². The molecule has 2 rings (SSSR count). The molecule has 2 aromatic rings. The van der Waals surface area contributed by atoms with Crippen LogP contribution >= 0.6 is 12.6 Å². The Morgan fingerprint density at radius 3 is 2.20 bits per heavy atom. The third-order valence-corrected chi connectivity index (χ3v) is 3.15. The molecule has 15 heavy (non-hydrogen) atoms. The Bertz CT molecular complexity index is 469. The molecule has 1 heteroatoms. The molecule has 0 saturated carbocycles. The Labute approximate surface area is 96.4 Å². The Balaban J connectivity index is 2.54. The molecule has 0 heterocycles. The number of hydrogen-bond acceptors (Lipinski definition) is 1. The summed E-state index contributed by atoms with van der Waals surface area (Å²) in [5.41, 5.74) is 5.06. The van der Waals surface area contributed by atoms with E-state index in [0.29, 0.717) is 0 Å².